The van der Waals surface area contributed by atoms with E-state index in [9.17, 15) is 4.79 Å². The zero-order valence-corrected chi connectivity index (χ0v) is 13.2. The highest BCUT2D eigenvalue weighted by atomic mass is 16.2. The van der Waals surface area contributed by atoms with Crippen LogP contribution in [0.3, 0.4) is 0 Å². The number of nitrogens with one attached hydrogen (secondary N) is 1. The van der Waals surface area contributed by atoms with Gasteiger partial charge >= 0.3 is 0 Å². The Morgan fingerprint density at radius 3 is 2.55 bits per heavy atom. The Balaban J connectivity index is 1.68. The van der Waals surface area contributed by atoms with E-state index in [1.807, 2.05) is 38.1 Å². The van der Waals surface area contributed by atoms with Crippen molar-refractivity contribution in [3.8, 4) is 0 Å². The molecule has 1 aliphatic rings. The first kappa shape index (κ1) is 14.8. The maximum Gasteiger partial charge on any atom is 0.241 e. The monoisotopic (exact) mass is 294 g/mol. The van der Waals surface area contributed by atoms with Gasteiger partial charge < -0.3 is 5.32 Å². The summed E-state index contributed by atoms with van der Waals surface area (Å²) >= 11 is 0. The summed E-state index contributed by atoms with van der Waals surface area (Å²) < 4.78 is 0. The fourth-order valence-electron chi connectivity index (χ4n) is 2.96. The molecule has 2 aromatic carbocycles. The lowest BCUT2D eigenvalue weighted by Gasteiger charge is -2.33. The Kier molecular flexibility index (Phi) is 4.25. The van der Waals surface area contributed by atoms with Crippen molar-refractivity contribution in [2.24, 2.45) is 0 Å². The average Bonchev–Trinajstić information content (AvgIpc) is 2.55. The predicted octanol–water partition coefficient (Wildman–Crippen LogP) is 3.38. The zero-order valence-electron chi connectivity index (χ0n) is 13.2. The van der Waals surface area contributed by atoms with Gasteiger partial charge in [-0.1, -0.05) is 42.5 Å². The van der Waals surface area contributed by atoms with Crippen LogP contribution in [-0.2, 0) is 17.8 Å². The van der Waals surface area contributed by atoms with Crippen LogP contribution in [0.4, 0.5) is 5.69 Å². The molecular formula is C19H22N2O. The summed E-state index contributed by atoms with van der Waals surface area (Å²) in [6.07, 6.45) is 1.01. The molecule has 0 saturated carbocycles. The fraction of sp³-hybridized carbons (Fsp3) is 0.316. The Labute approximate surface area is 132 Å². The molecule has 114 valence electrons. The van der Waals surface area contributed by atoms with E-state index < -0.39 is 0 Å². The van der Waals surface area contributed by atoms with Gasteiger partial charge in [0.15, 0.2) is 0 Å². The van der Waals surface area contributed by atoms with Gasteiger partial charge in [0.25, 0.3) is 0 Å². The van der Waals surface area contributed by atoms with Crippen LogP contribution >= 0.6 is 0 Å². The number of hydrogen-bond acceptors (Lipinski definition) is 2. The SMILES string of the molecule is Cc1ccccc1NC(=O)[C@H](C)N1CCc2ccccc2C1. The van der Waals surface area contributed by atoms with Gasteiger partial charge in [-0.2, -0.15) is 0 Å². The Bertz CT molecular complexity index is 681. The van der Waals surface area contributed by atoms with Crippen LogP contribution in [0, 0.1) is 6.92 Å². The van der Waals surface area contributed by atoms with E-state index in [-0.39, 0.29) is 11.9 Å². The average molecular weight is 294 g/mol. The smallest absolute Gasteiger partial charge is 0.241 e. The third kappa shape index (κ3) is 3.04. The minimum Gasteiger partial charge on any atom is -0.324 e. The molecule has 2 aromatic rings. The van der Waals surface area contributed by atoms with Crippen molar-refractivity contribution in [3.63, 3.8) is 0 Å². The molecule has 0 aliphatic carbocycles. The van der Waals surface area contributed by atoms with Gasteiger partial charge in [-0.3, -0.25) is 9.69 Å². The van der Waals surface area contributed by atoms with Crippen LogP contribution in [0.5, 0.6) is 0 Å². The number of benzene rings is 2. The Hall–Kier alpha value is -2.13. The summed E-state index contributed by atoms with van der Waals surface area (Å²) in [4.78, 5) is 14.8. The third-order valence-corrected chi connectivity index (χ3v) is 4.49. The van der Waals surface area contributed by atoms with Crippen LogP contribution in [-0.4, -0.2) is 23.4 Å². The van der Waals surface area contributed by atoms with Crippen molar-refractivity contribution in [2.45, 2.75) is 32.9 Å². The van der Waals surface area contributed by atoms with Crippen LogP contribution in [0.2, 0.25) is 0 Å². The van der Waals surface area contributed by atoms with Crippen molar-refractivity contribution in [2.75, 3.05) is 11.9 Å². The maximum absolute atomic E-state index is 12.5. The number of hydrogen-bond donors (Lipinski definition) is 1. The molecule has 1 heterocycles. The number of nitrogens with zero attached hydrogens (tertiary/aromatic N) is 1. The van der Waals surface area contributed by atoms with Gasteiger partial charge in [-0.05, 0) is 43.0 Å². The molecule has 0 unspecified atom stereocenters. The third-order valence-electron chi connectivity index (χ3n) is 4.49. The molecule has 0 radical (unpaired) electrons. The minimum atomic E-state index is -0.132. The molecule has 3 heteroatoms. The van der Waals surface area contributed by atoms with E-state index in [0.29, 0.717) is 0 Å². The zero-order chi connectivity index (χ0) is 15.5. The van der Waals surface area contributed by atoms with Gasteiger partial charge in [0, 0.05) is 18.8 Å². The number of rotatable bonds is 3. The fourth-order valence-corrected chi connectivity index (χ4v) is 2.96. The van der Waals surface area contributed by atoms with Crippen molar-refractivity contribution < 1.29 is 4.79 Å². The molecule has 0 saturated heterocycles. The molecule has 3 rings (SSSR count). The van der Waals surface area contributed by atoms with Crippen molar-refractivity contribution >= 4 is 11.6 Å². The Morgan fingerprint density at radius 1 is 1.09 bits per heavy atom. The molecule has 1 atom stereocenters. The molecule has 0 aromatic heterocycles. The van der Waals surface area contributed by atoms with E-state index in [4.69, 9.17) is 0 Å². The first-order chi connectivity index (χ1) is 10.6. The normalized spacial score (nSPS) is 15.9. The summed E-state index contributed by atoms with van der Waals surface area (Å²) in [5, 5.41) is 3.05. The Morgan fingerprint density at radius 2 is 1.77 bits per heavy atom. The van der Waals surface area contributed by atoms with E-state index in [0.717, 1.165) is 30.8 Å². The summed E-state index contributed by atoms with van der Waals surface area (Å²) in [7, 11) is 0. The highest BCUT2D eigenvalue weighted by Gasteiger charge is 2.25. The van der Waals surface area contributed by atoms with E-state index >= 15 is 0 Å². The highest BCUT2D eigenvalue weighted by Crippen LogP contribution is 2.21. The van der Waals surface area contributed by atoms with E-state index in [1.54, 1.807) is 0 Å². The van der Waals surface area contributed by atoms with Crippen LogP contribution in [0.15, 0.2) is 48.5 Å². The molecule has 1 amide bonds. The highest BCUT2D eigenvalue weighted by molar-refractivity contribution is 5.95. The molecule has 0 bridgehead atoms. The van der Waals surface area contributed by atoms with E-state index in [2.05, 4.69) is 34.5 Å². The van der Waals surface area contributed by atoms with Crippen molar-refractivity contribution in [3.05, 3.63) is 65.2 Å². The summed E-state index contributed by atoms with van der Waals surface area (Å²) in [6, 6.07) is 16.3. The van der Waals surface area contributed by atoms with Crippen LogP contribution in [0.25, 0.3) is 0 Å². The quantitative estimate of drug-likeness (QED) is 0.941. The number of carbonyl (C=O) groups excluding carboxylic acids is 1. The number of aryl methyl sites for hydroxylation is 1. The largest absolute Gasteiger partial charge is 0.324 e. The van der Waals surface area contributed by atoms with Crippen molar-refractivity contribution in [1.29, 1.82) is 0 Å². The number of amides is 1. The summed E-state index contributed by atoms with van der Waals surface area (Å²) in [5.74, 6) is 0.0636. The minimum absolute atomic E-state index is 0.0636. The number of carbonyl (C=O) groups is 1. The van der Waals surface area contributed by atoms with Crippen LogP contribution in [0.1, 0.15) is 23.6 Å². The number of anilines is 1. The van der Waals surface area contributed by atoms with Gasteiger partial charge in [0.05, 0.1) is 6.04 Å². The lowest BCUT2D eigenvalue weighted by atomic mass is 9.98. The molecule has 3 nitrogen and oxygen atoms in total. The van der Waals surface area contributed by atoms with E-state index in [1.165, 1.54) is 11.1 Å². The predicted molar refractivity (Wildman–Crippen MR) is 89.8 cm³/mol. The lowest BCUT2D eigenvalue weighted by molar-refractivity contribution is -0.121. The second-order valence-electron chi connectivity index (χ2n) is 5.97. The molecule has 0 spiro atoms. The summed E-state index contributed by atoms with van der Waals surface area (Å²) in [6.45, 7) is 5.77. The molecule has 0 fully saturated rings. The van der Waals surface area contributed by atoms with Gasteiger partial charge in [-0.25, -0.2) is 0 Å². The second-order valence-corrected chi connectivity index (χ2v) is 5.97. The number of fused-ring (bicyclic) bond motifs is 1. The molecular weight excluding hydrogens is 272 g/mol. The van der Waals surface area contributed by atoms with Gasteiger partial charge in [0.1, 0.15) is 0 Å². The molecule has 1 aliphatic heterocycles. The summed E-state index contributed by atoms with van der Waals surface area (Å²) in [5.41, 5.74) is 4.73. The van der Waals surface area contributed by atoms with Gasteiger partial charge in [0.2, 0.25) is 5.91 Å². The van der Waals surface area contributed by atoms with Crippen molar-refractivity contribution in [1.82, 2.24) is 4.90 Å². The topological polar surface area (TPSA) is 32.3 Å². The van der Waals surface area contributed by atoms with Gasteiger partial charge in [-0.15, -0.1) is 0 Å². The number of para-hydroxylation sites is 1. The maximum atomic E-state index is 12.5. The standard InChI is InChI=1S/C19H22N2O/c1-14-7-3-6-10-18(14)20-19(22)15(2)21-12-11-16-8-4-5-9-17(16)13-21/h3-10,15H,11-13H2,1-2H3,(H,20,22)/t15-/m0/s1. The lowest BCUT2D eigenvalue weighted by Crippen LogP contribution is -2.44. The second kappa shape index (κ2) is 6.32. The van der Waals surface area contributed by atoms with Crippen LogP contribution < -0.4 is 5.32 Å². The first-order valence-electron chi connectivity index (χ1n) is 7.82. The first-order valence-corrected chi connectivity index (χ1v) is 7.82. The molecule has 22 heavy (non-hydrogen) atoms. The molecule has 1 N–H and O–H groups in total.